The summed E-state index contributed by atoms with van der Waals surface area (Å²) < 4.78 is 2.03. The van der Waals surface area contributed by atoms with E-state index in [1.165, 1.54) is 17.9 Å². The molecule has 3 nitrogen and oxygen atoms in total. The Morgan fingerprint density at radius 3 is 3.00 bits per heavy atom. The summed E-state index contributed by atoms with van der Waals surface area (Å²) in [5.74, 6) is 1.20. The SMILES string of the molecule is CCc1cc(CC(O)C2CCCS2)n(CC)n1. The number of aromatic nitrogens is 2. The maximum absolute atomic E-state index is 10.2. The molecule has 1 aliphatic rings. The minimum atomic E-state index is -0.214. The van der Waals surface area contributed by atoms with Gasteiger partial charge in [0.2, 0.25) is 0 Å². The second kappa shape index (κ2) is 5.91. The minimum absolute atomic E-state index is 0.214. The molecule has 2 rings (SSSR count). The minimum Gasteiger partial charge on any atom is -0.392 e. The molecule has 0 bridgehead atoms. The number of rotatable bonds is 5. The van der Waals surface area contributed by atoms with Crippen molar-refractivity contribution in [2.75, 3.05) is 5.75 Å². The lowest BCUT2D eigenvalue weighted by molar-refractivity contribution is 0.167. The molecule has 0 aliphatic carbocycles. The van der Waals surface area contributed by atoms with Gasteiger partial charge >= 0.3 is 0 Å². The van der Waals surface area contributed by atoms with Crippen LogP contribution in [0.5, 0.6) is 0 Å². The van der Waals surface area contributed by atoms with Crippen LogP contribution in [0.1, 0.15) is 38.1 Å². The first-order chi connectivity index (χ1) is 8.24. The Hall–Kier alpha value is -0.480. The van der Waals surface area contributed by atoms with Crippen molar-refractivity contribution in [1.29, 1.82) is 0 Å². The van der Waals surface area contributed by atoms with Crippen molar-refractivity contribution in [2.45, 2.75) is 57.4 Å². The van der Waals surface area contributed by atoms with Gasteiger partial charge in [-0.15, -0.1) is 0 Å². The quantitative estimate of drug-likeness (QED) is 0.876. The molecule has 2 heterocycles. The van der Waals surface area contributed by atoms with Crippen molar-refractivity contribution in [2.24, 2.45) is 0 Å². The number of hydrogen-bond donors (Lipinski definition) is 1. The van der Waals surface area contributed by atoms with Gasteiger partial charge in [-0.2, -0.15) is 16.9 Å². The van der Waals surface area contributed by atoms with Crippen LogP contribution in [0, 0.1) is 0 Å². The van der Waals surface area contributed by atoms with Gasteiger partial charge < -0.3 is 5.11 Å². The Morgan fingerprint density at radius 1 is 1.59 bits per heavy atom. The van der Waals surface area contributed by atoms with Gasteiger partial charge in [-0.25, -0.2) is 0 Å². The highest BCUT2D eigenvalue weighted by Crippen LogP contribution is 2.30. The third-order valence-electron chi connectivity index (χ3n) is 3.39. The second-order valence-electron chi connectivity index (χ2n) is 4.62. The lowest BCUT2D eigenvalue weighted by Gasteiger charge is -2.17. The van der Waals surface area contributed by atoms with Crippen molar-refractivity contribution in [3.05, 3.63) is 17.5 Å². The summed E-state index contributed by atoms with van der Waals surface area (Å²) in [6.07, 6.45) is 3.91. The van der Waals surface area contributed by atoms with Crippen LogP contribution in [0.4, 0.5) is 0 Å². The predicted octanol–water partition coefficient (Wildman–Crippen LogP) is 2.26. The lowest BCUT2D eigenvalue weighted by atomic mass is 10.1. The summed E-state index contributed by atoms with van der Waals surface area (Å²) in [6, 6.07) is 2.15. The van der Waals surface area contributed by atoms with E-state index in [9.17, 15) is 5.11 Å². The molecule has 2 unspecified atom stereocenters. The van der Waals surface area contributed by atoms with Crippen LogP contribution >= 0.6 is 11.8 Å². The zero-order chi connectivity index (χ0) is 12.3. The number of aryl methyl sites for hydroxylation is 2. The van der Waals surface area contributed by atoms with Crippen molar-refractivity contribution >= 4 is 11.8 Å². The van der Waals surface area contributed by atoms with Gasteiger partial charge in [-0.05, 0) is 38.0 Å². The molecular weight excluding hydrogens is 232 g/mol. The summed E-state index contributed by atoms with van der Waals surface area (Å²) in [4.78, 5) is 0. The van der Waals surface area contributed by atoms with Gasteiger partial charge in [0.25, 0.3) is 0 Å². The molecule has 4 heteroatoms. The zero-order valence-electron chi connectivity index (χ0n) is 10.7. The first kappa shape index (κ1) is 13.0. The Bertz CT molecular complexity index is 358. The summed E-state index contributed by atoms with van der Waals surface area (Å²) in [5, 5.41) is 15.2. The monoisotopic (exact) mass is 254 g/mol. The number of nitrogens with zero attached hydrogens (tertiary/aromatic N) is 2. The smallest absolute Gasteiger partial charge is 0.0713 e. The molecule has 2 atom stereocenters. The summed E-state index contributed by atoms with van der Waals surface area (Å²) in [6.45, 7) is 5.11. The average Bonchev–Trinajstić information content (AvgIpc) is 2.97. The fraction of sp³-hybridized carbons (Fsp3) is 0.769. The molecule has 0 amide bonds. The molecular formula is C13H22N2OS. The van der Waals surface area contributed by atoms with E-state index in [2.05, 4.69) is 25.0 Å². The Balaban J connectivity index is 2.03. The van der Waals surface area contributed by atoms with Crippen LogP contribution in [0.25, 0.3) is 0 Å². The van der Waals surface area contributed by atoms with E-state index in [4.69, 9.17) is 0 Å². The molecule has 1 aromatic rings. The van der Waals surface area contributed by atoms with Crippen molar-refractivity contribution < 1.29 is 5.11 Å². The second-order valence-corrected chi connectivity index (χ2v) is 5.97. The molecule has 96 valence electrons. The van der Waals surface area contributed by atoms with Gasteiger partial charge in [0, 0.05) is 23.9 Å². The molecule has 0 aromatic carbocycles. The Morgan fingerprint density at radius 2 is 2.41 bits per heavy atom. The van der Waals surface area contributed by atoms with E-state index in [1.54, 1.807) is 0 Å². The summed E-state index contributed by atoms with van der Waals surface area (Å²) in [5.41, 5.74) is 2.32. The third kappa shape index (κ3) is 3.05. The molecule has 1 N–H and O–H groups in total. The van der Waals surface area contributed by atoms with Crippen molar-refractivity contribution in [3.63, 3.8) is 0 Å². The molecule has 0 radical (unpaired) electrons. The van der Waals surface area contributed by atoms with Crippen LogP contribution in [0.3, 0.4) is 0 Å². The standard InChI is InChI=1S/C13H22N2OS/c1-3-10-8-11(15(4-2)14-10)9-12(16)13-6-5-7-17-13/h8,12-13,16H,3-7,9H2,1-2H3. The molecule has 0 saturated carbocycles. The largest absolute Gasteiger partial charge is 0.392 e. The fourth-order valence-electron chi connectivity index (χ4n) is 2.38. The van der Waals surface area contributed by atoms with Crippen LogP contribution in [-0.4, -0.2) is 32.0 Å². The molecule has 1 aromatic heterocycles. The molecule has 17 heavy (non-hydrogen) atoms. The van der Waals surface area contributed by atoms with Crippen LogP contribution < -0.4 is 0 Å². The average molecular weight is 254 g/mol. The normalized spacial score (nSPS) is 21.9. The van der Waals surface area contributed by atoms with Crippen molar-refractivity contribution in [3.8, 4) is 0 Å². The van der Waals surface area contributed by atoms with E-state index in [-0.39, 0.29) is 6.10 Å². The van der Waals surface area contributed by atoms with Gasteiger partial charge in [-0.1, -0.05) is 6.92 Å². The highest BCUT2D eigenvalue weighted by molar-refractivity contribution is 8.00. The predicted molar refractivity (Wildman–Crippen MR) is 72.5 cm³/mol. The molecule has 1 aliphatic heterocycles. The number of thioether (sulfide) groups is 1. The third-order valence-corrected chi connectivity index (χ3v) is 4.89. The van der Waals surface area contributed by atoms with E-state index in [0.717, 1.165) is 31.5 Å². The zero-order valence-corrected chi connectivity index (χ0v) is 11.5. The van der Waals surface area contributed by atoms with Crippen LogP contribution in [0.15, 0.2) is 6.07 Å². The van der Waals surface area contributed by atoms with Gasteiger partial charge in [0.15, 0.2) is 0 Å². The van der Waals surface area contributed by atoms with E-state index in [0.29, 0.717) is 5.25 Å². The fourth-order valence-corrected chi connectivity index (χ4v) is 3.67. The molecule has 1 saturated heterocycles. The first-order valence-corrected chi connectivity index (χ1v) is 7.64. The summed E-state index contributed by atoms with van der Waals surface area (Å²) in [7, 11) is 0. The maximum atomic E-state index is 10.2. The van der Waals surface area contributed by atoms with E-state index < -0.39 is 0 Å². The first-order valence-electron chi connectivity index (χ1n) is 6.59. The summed E-state index contributed by atoms with van der Waals surface area (Å²) >= 11 is 1.92. The molecule has 1 fully saturated rings. The van der Waals surface area contributed by atoms with Crippen LogP contribution in [0.2, 0.25) is 0 Å². The van der Waals surface area contributed by atoms with E-state index >= 15 is 0 Å². The highest BCUT2D eigenvalue weighted by atomic mass is 32.2. The lowest BCUT2D eigenvalue weighted by Crippen LogP contribution is -2.24. The number of aliphatic hydroxyl groups excluding tert-OH is 1. The highest BCUT2D eigenvalue weighted by Gasteiger charge is 2.25. The number of aliphatic hydroxyl groups is 1. The molecule has 0 spiro atoms. The van der Waals surface area contributed by atoms with E-state index in [1.807, 2.05) is 16.4 Å². The van der Waals surface area contributed by atoms with Crippen molar-refractivity contribution in [1.82, 2.24) is 9.78 Å². The Kier molecular flexibility index (Phi) is 4.51. The number of hydrogen-bond acceptors (Lipinski definition) is 3. The Labute approximate surface area is 108 Å². The maximum Gasteiger partial charge on any atom is 0.0713 e. The topological polar surface area (TPSA) is 38.0 Å². The van der Waals surface area contributed by atoms with Gasteiger partial charge in [0.05, 0.1) is 11.8 Å². The van der Waals surface area contributed by atoms with Gasteiger partial charge in [0.1, 0.15) is 0 Å². The van der Waals surface area contributed by atoms with Crippen LogP contribution in [-0.2, 0) is 19.4 Å². The van der Waals surface area contributed by atoms with Gasteiger partial charge in [-0.3, -0.25) is 4.68 Å².